The summed E-state index contributed by atoms with van der Waals surface area (Å²) in [5.41, 5.74) is 2.49. The van der Waals surface area contributed by atoms with Gasteiger partial charge in [-0.05, 0) is 50.2 Å². The van der Waals surface area contributed by atoms with E-state index in [0.29, 0.717) is 27.6 Å². The zero-order valence-electron chi connectivity index (χ0n) is 14.4. The first-order valence-electron chi connectivity index (χ1n) is 7.95. The highest BCUT2D eigenvalue weighted by Gasteiger charge is 2.14. The van der Waals surface area contributed by atoms with Gasteiger partial charge in [0.1, 0.15) is 10.8 Å². The number of pyridine rings is 1. The number of hydrogen-bond donors (Lipinski definition) is 1. The predicted molar refractivity (Wildman–Crippen MR) is 99.4 cm³/mol. The van der Waals surface area contributed by atoms with Crippen molar-refractivity contribution in [3.8, 4) is 0 Å². The molecule has 0 aliphatic carbocycles. The third kappa shape index (κ3) is 4.37. The molecule has 0 saturated heterocycles. The Morgan fingerprint density at radius 1 is 1.19 bits per heavy atom. The minimum Gasteiger partial charge on any atom is -0.361 e. The molecule has 0 spiro atoms. The van der Waals surface area contributed by atoms with Gasteiger partial charge in [0.25, 0.3) is 5.91 Å². The molecule has 2 aromatic heterocycles. The van der Waals surface area contributed by atoms with Gasteiger partial charge < -0.3 is 9.84 Å². The van der Waals surface area contributed by atoms with Gasteiger partial charge in [-0.15, -0.1) is 0 Å². The average molecular weight is 367 g/mol. The van der Waals surface area contributed by atoms with E-state index < -0.39 is 0 Å². The molecular weight excluding hydrogens is 350 g/mol. The Balaban J connectivity index is 1.71. The largest absolute Gasteiger partial charge is 0.361 e. The second kappa shape index (κ2) is 7.97. The van der Waals surface area contributed by atoms with E-state index in [1.54, 1.807) is 42.6 Å². The van der Waals surface area contributed by atoms with Crippen LogP contribution < -0.4 is 5.32 Å². The normalized spacial score (nSPS) is 10.5. The molecule has 132 valence electrons. The maximum Gasteiger partial charge on any atom is 0.258 e. The van der Waals surface area contributed by atoms with Crippen molar-refractivity contribution in [1.29, 1.82) is 0 Å². The summed E-state index contributed by atoms with van der Waals surface area (Å²) in [5.74, 6) is 1.03. The van der Waals surface area contributed by atoms with Crippen LogP contribution in [-0.4, -0.2) is 21.8 Å². The third-order valence-electron chi connectivity index (χ3n) is 3.60. The second-order valence-corrected chi connectivity index (χ2v) is 6.63. The molecule has 7 heteroatoms. The molecular formula is C19H17N3O3S. The number of rotatable bonds is 6. The first kappa shape index (κ1) is 17.9. The van der Waals surface area contributed by atoms with E-state index in [4.69, 9.17) is 4.52 Å². The van der Waals surface area contributed by atoms with Crippen molar-refractivity contribution in [2.24, 2.45) is 0 Å². The van der Waals surface area contributed by atoms with E-state index in [9.17, 15) is 9.59 Å². The Bertz CT molecular complexity index is 935. The Morgan fingerprint density at radius 2 is 1.96 bits per heavy atom. The van der Waals surface area contributed by atoms with Gasteiger partial charge in [-0.2, -0.15) is 0 Å². The molecule has 3 rings (SSSR count). The zero-order chi connectivity index (χ0) is 18.5. The van der Waals surface area contributed by atoms with Crippen LogP contribution in [0.25, 0.3) is 0 Å². The Kier molecular flexibility index (Phi) is 5.48. The summed E-state index contributed by atoms with van der Waals surface area (Å²) in [6, 6.07) is 12.1. The fourth-order valence-corrected chi connectivity index (χ4v) is 3.17. The third-order valence-corrected chi connectivity index (χ3v) is 4.64. The van der Waals surface area contributed by atoms with Gasteiger partial charge in [0, 0.05) is 29.3 Å². The minimum atomic E-state index is -0.257. The van der Waals surface area contributed by atoms with Crippen LogP contribution in [0.5, 0.6) is 0 Å². The van der Waals surface area contributed by atoms with E-state index in [1.807, 2.05) is 13.0 Å². The van der Waals surface area contributed by atoms with Crippen LogP contribution in [0.3, 0.4) is 0 Å². The van der Waals surface area contributed by atoms with Gasteiger partial charge in [0.15, 0.2) is 5.78 Å². The van der Waals surface area contributed by atoms with Crippen LogP contribution in [0.1, 0.15) is 39.1 Å². The lowest BCUT2D eigenvalue weighted by atomic mass is 10.1. The monoisotopic (exact) mass is 367 g/mol. The molecule has 1 N–H and O–H groups in total. The summed E-state index contributed by atoms with van der Waals surface area (Å²) >= 11 is 1.42. The summed E-state index contributed by atoms with van der Waals surface area (Å²) < 4.78 is 5.05. The van der Waals surface area contributed by atoms with Crippen LogP contribution in [0.2, 0.25) is 0 Å². The average Bonchev–Trinajstić information content (AvgIpc) is 3.06. The smallest absolute Gasteiger partial charge is 0.258 e. The van der Waals surface area contributed by atoms with Gasteiger partial charge in [0.2, 0.25) is 0 Å². The number of nitrogens with zero attached hydrogens (tertiary/aromatic N) is 2. The summed E-state index contributed by atoms with van der Waals surface area (Å²) in [5, 5.41) is 7.39. The van der Waals surface area contributed by atoms with E-state index in [0.717, 1.165) is 11.5 Å². The summed E-state index contributed by atoms with van der Waals surface area (Å²) in [7, 11) is 0. The maximum absolute atomic E-state index is 12.6. The highest BCUT2D eigenvalue weighted by atomic mass is 32.2. The number of carbonyl (C=O) groups is 2. The van der Waals surface area contributed by atoms with Crippen LogP contribution in [0.15, 0.2) is 58.2 Å². The SMILES string of the molecule is CC(=O)c1ccc(NC(=O)c2cccnc2SCc2cc(C)on2)cc1. The molecule has 1 amide bonds. The fourth-order valence-electron chi connectivity index (χ4n) is 2.29. The number of Topliss-reactive ketones (excluding diaryl/α,β-unsaturated/α-hetero) is 1. The zero-order valence-corrected chi connectivity index (χ0v) is 15.2. The molecule has 0 fully saturated rings. The van der Waals surface area contributed by atoms with Crippen molar-refractivity contribution in [2.75, 3.05) is 5.32 Å². The topological polar surface area (TPSA) is 85.1 Å². The number of thioether (sulfide) groups is 1. The molecule has 2 heterocycles. The molecule has 0 unspecified atom stereocenters. The number of aromatic nitrogens is 2. The minimum absolute atomic E-state index is 0.0167. The van der Waals surface area contributed by atoms with Gasteiger partial charge in [-0.3, -0.25) is 9.59 Å². The van der Waals surface area contributed by atoms with Crippen LogP contribution in [-0.2, 0) is 5.75 Å². The first-order chi connectivity index (χ1) is 12.5. The molecule has 1 aromatic carbocycles. The van der Waals surface area contributed by atoms with Gasteiger partial charge >= 0.3 is 0 Å². The number of benzene rings is 1. The standard InChI is InChI=1S/C19H17N3O3S/c1-12-10-16(22-25-12)11-26-19-17(4-3-9-20-19)18(24)21-15-7-5-14(6-8-15)13(2)23/h3-10H,11H2,1-2H3,(H,21,24). The molecule has 0 radical (unpaired) electrons. The Morgan fingerprint density at radius 3 is 2.62 bits per heavy atom. The van der Waals surface area contributed by atoms with Gasteiger partial charge in [0.05, 0.1) is 11.3 Å². The first-order valence-corrected chi connectivity index (χ1v) is 8.94. The molecule has 0 aliphatic heterocycles. The number of ketones is 1. The Hall–Kier alpha value is -2.93. The molecule has 26 heavy (non-hydrogen) atoms. The lowest BCUT2D eigenvalue weighted by Crippen LogP contribution is -2.13. The lowest BCUT2D eigenvalue weighted by Gasteiger charge is -2.09. The van der Waals surface area contributed by atoms with E-state index >= 15 is 0 Å². The number of anilines is 1. The van der Waals surface area contributed by atoms with Crippen molar-refractivity contribution in [3.05, 3.63) is 71.2 Å². The van der Waals surface area contributed by atoms with Gasteiger partial charge in [-0.1, -0.05) is 16.9 Å². The number of amides is 1. The van der Waals surface area contributed by atoms with Crippen molar-refractivity contribution in [1.82, 2.24) is 10.1 Å². The van der Waals surface area contributed by atoms with E-state index in [1.165, 1.54) is 18.7 Å². The van der Waals surface area contributed by atoms with Gasteiger partial charge in [-0.25, -0.2) is 4.98 Å². The lowest BCUT2D eigenvalue weighted by molar-refractivity contribution is 0.101. The predicted octanol–water partition coefficient (Wildman–Crippen LogP) is 4.13. The van der Waals surface area contributed by atoms with Crippen molar-refractivity contribution >= 4 is 29.1 Å². The second-order valence-electron chi connectivity index (χ2n) is 5.66. The number of carbonyl (C=O) groups excluding carboxylic acids is 2. The van der Waals surface area contributed by atoms with E-state index in [-0.39, 0.29) is 11.7 Å². The summed E-state index contributed by atoms with van der Waals surface area (Å²) in [6.07, 6.45) is 1.65. The highest BCUT2D eigenvalue weighted by Crippen LogP contribution is 2.25. The van der Waals surface area contributed by atoms with Crippen molar-refractivity contribution in [3.63, 3.8) is 0 Å². The van der Waals surface area contributed by atoms with E-state index in [2.05, 4.69) is 15.5 Å². The molecule has 0 saturated carbocycles. The van der Waals surface area contributed by atoms with Crippen molar-refractivity contribution in [2.45, 2.75) is 24.6 Å². The maximum atomic E-state index is 12.6. The molecule has 0 atom stereocenters. The number of hydrogen-bond acceptors (Lipinski definition) is 6. The molecule has 0 aliphatic rings. The van der Waals surface area contributed by atoms with Crippen LogP contribution in [0, 0.1) is 6.92 Å². The molecule has 0 bridgehead atoms. The van der Waals surface area contributed by atoms with Crippen LogP contribution >= 0.6 is 11.8 Å². The van der Waals surface area contributed by atoms with Crippen molar-refractivity contribution < 1.29 is 14.1 Å². The summed E-state index contributed by atoms with van der Waals surface area (Å²) in [6.45, 7) is 3.33. The number of nitrogens with one attached hydrogen (secondary N) is 1. The molecule has 3 aromatic rings. The highest BCUT2D eigenvalue weighted by molar-refractivity contribution is 7.98. The fraction of sp³-hybridized carbons (Fsp3) is 0.158. The molecule has 6 nitrogen and oxygen atoms in total. The van der Waals surface area contributed by atoms with Crippen LogP contribution in [0.4, 0.5) is 5.69 Å². The Labute approximate surface area is 155 Å². The quantitative estimate of drug-likeness (QED) is 0.521. The number of aryl methyl sites for hydroxylation is 1. The summed E-state index contributed by atoms with van der Waals surface area (Å²) in [4.78, 5) is 28.2.